The Morgan fingerprint density at radius 2 is 0.762 bits per heavy atom. The number of ether oxygens (including phenoxy) is 4. The lowest BCUT2D eigenvalue weighted by Gasteiger charge is -2.11. The number of anilines is 1. The van der Waals surface area contributed by atoms with Gasteiger partial charge in [-0.25, -0.2) is 5.10 Å². The molecule has 6 aromatic rings. The van der Waals surface area contributed by atoms with Gasteiger partial charge in [-0.3, -0.25) is 25.5 Å². The lowest BCUT2D eigenvalue weighted by atomic mass is 10.0. The van der Waals surface area contributed by atoms with E-state index in [1.54, 1.807) is 6.20 Å². The first-order valence-corrected chi connectivity index (χ1v) is 30.8. The van der Waals surface area contributed by atoms with Crippen LogP contribution in [0.5, 0.6) is 11.6 Å². The number of aromatic nitrogens is 12. The van der Waals surface area contributed by atoms with E-state index in [2.05, 4.69) is 238 Å². The van der Waals surface area contributed by atoms with Crippen LogP contribution in [0.3, 0.4) is 0 Å². The van der Waals surface area contributed by atoms with Gasteiger partial charge < -0.3 is 29.6 Å². The summed E-state index contributed by atoms with van der Waals surface area (Å²) in [7, 11) is 0. The van der Waals surface area contributed by atoms with Crippen molar-refractivity contribution in [3.05, 3.63) is 87.8 Å². The predicted octanol–water partition coefficient (Wildman–Crippen LogP) is 15.6. The molecule has 12 heterocycles. The van der Waals surface area contributed by atoms with Crippen LogP contribution < -0.4 is 20.1 Å². The number of hydrogen-bond donors (Lipinski definition) is 8. The maximum Gasteiger partial charge on any atom is 0.212 e. The van der Waals surface area contributed by atoms with Gasteiger partial charge in [-0.1, -0.05) is 166 Å². The van der Waals surface area contributed by atoms with Crippen molar-refractivity contribution in [2.45, 2.75) is 244 Å². The number of aryl methyl sites for hydroxylation is 3. The molecule has 18 heteroatoms. The third-order valence-corrected chi connectivity index (χ3v) is 9.48. The standard InChI is InChI=1S/2C6H9N3.4C6H8N2O.6C5H12/c1-2-7-4-6-5(1)3-8-9-6;1-2-5-4-8-9-6(5)7-3-1;1-2-9-4-5-3-7-8-6(1)5;1-2-9-4-6-5(1)3-7-8-6;1-2-5-6(9-3-1)4-7-8-5;1-2-5-4-7-8-6(5)9-3-1;6*1-5(2,3)4/h3,7H,1-2,4H2,(H,8,9);4H,1-3H2,(H2,7,8,9);2*3H,1-2,4H2,(H,7,8);2*4H,1-3H2,(H,7,8);6*1-4H3. The van der Waals surface area contributed by atoms with Crippen LogP contribution >= 0.6 is 0 Å². The Morgan fingerprint density at radius 3 is 1.30 bits per heavy atom. The molecule has 0 radical (unpaired) electrons. The molecule has 8 N–H and O–H groups in total. The minimum Gasteiger partial charge on any atom is -0.490 e. The van der Waals surface area contributed by atoms with Crippen LogP contribution in [-0.4, -0.2) is 101 Å². The van der Waals surface area contributed by atoms with E-state index in [1.165, 1.54) is 52.0 Å². The number of nitrogens with zero attached hydrogens (tertiary/aromatic N) is 6. The van der Waals surface area contributed by atoms with Crippen molar-refractivity contribution < 1.29 is 18.9 Å². The number of hydrogen-bond acceptors (Lipinski definition) is 12. The summed E-state index contributed by atoms with van der Waals surface area (Å²) in [5.74, 6) is 2.91. The molecule has 6 aliphatic heterocycles. The Labute approximate surface area is 509 Å². The van der Waals surface area contributed by atoms with E-state index in [0.717, 1.165) is 126 Å². The summed E-state index contributed by atoms with van der Waals surface area (Å²) in [6.45, 7) is 60.4. The van der Waals surface area contributed by atoms with Crippen LogP contribution in [0.15, 0.2) is 37.2 Å². The summed E-state index contributed by atoms with van der Waals surface area (Å²) >= 11 is 0. The molecular weight excluding hydrogens is 1050 g/mol. The molecule has 0 atom stereocenters. The van der Waals surface area contributed by atoms with Gasteiger partial charge in [0, 0.05) is 41.9 Å². The summed E-state index contributed by atoms with van der Waals surface area (Å²) in [6, 6.07) is 0. The van der Waals surface area contributed by atoms with E-state index in [-0.39, 0.29) is 0 Å². The number of aromatic amines is 6. The molecule has 0 unspecified atom stereocenters. The van der Waals surface area contributed by atoms with Crippen LogP contribution in [0, 0.1) is 32.5 Å². The van der Waals surface area contributed by atoms with Crippen LogP contribution in [0.1, 0.15) is 236 Å². The Balaban J connectivity index is 0.000000464. The Morgan fingerprint density at radius 1 is 0.333 bits per heavy atom. The van der Waals surface area contributed by atoms with Gasteiger partial charge in [-0.05, 0) is 102 Å². The Kier molecular flexibility index (Phi) is 35.1. The second-order valence-electron chi connectivity index (χ2n) is 31.3. The molecular formula is C66H122N14O4. The van der Waals surface area contributed by atoms with Gasteiger partial charge in [0.1, 0.15) is 5.82 Å². The zero-order valence-electron chi connectivity index (χ0n) is 57.5. The maximum atomic E-state index is 5.27. The molecule has 0 fully saturated rings. The highest BCUT2D eigenvalue weighted by molar-refractivity contribution is 5.44. The van der Waals surface area contributed by atoms with E-state index in [9.17, 15) is 0 Å². The summed E-state index contributed by atoms with van der Waals surface area (Å²) in [5.41, 5.74) is 14.2. The highest BCUT2D eigenvalue weighted by Gasteiger charge is 2.14. The second-order valence-corrected chi connectivity index (χ2v) is 31.3. The fourth-order valence-electron chi connectivity index (χ4n) is 6.43. The fraction of sp³-hybridized carbons (Fsp3) is 0.727. The lowest BCUT2D eigenvalue weighted by molar-refractivity contribution is 0.108. The molecule has 6 aliphatic rings. The molecule has 0 aliphatic carbocycles. The van der Waals surface area contributed by atoms with E-state index in [1.807, 2.05) is 31.0 Å². The first kappa shape index (κ1) is 76.6. The van der Waals surface area contributed by atoms with Crippen molar-refractivity contribution in [3.63, 3.8) is 0 Å². The molecule has 0 saturated carbocycles. The maximum absolute atomic E-state index is 5.27. The number of H-pyrrole nitrogens is 6. The number of rotatable bonds is 0. The van der Waals surface area contributed by atoms with E-state index < -0.39 is 0 Å². The molecule has 18 nitrogen and oxygen atoms in total. The first-order valence-electron chi connectivity index (χ1n) is 30.8. The first-order chi connectivity index (χ1) is 38.8. The third-order valence-electron chi connectivity index (χ3n) is 9.48. The topological polar surface area (TPSA) is 233 Å². The largest absolute Gasteiger partial charge is 0.490 e. The van der Waals surface area contributed by atoms with E-state index in [0.29, 0.717) is 39.1 Å². The fourth-order valence-corrected chi connectivity index (χ4v) is 6.43. The van der Waals surface area contributed by atoms with Crippen molar-refractivity contribution in [1.82, 2.24) is 66.5 Å². The molecule has 6 aromatic heterocycles. The van der Waals surface area contributed by atoms with Gasteiger partial charge in [-0.15, -0.1) is 0 Å². The molecule has 480 valence electrons. The zero-order valence-corrected chi connectivity index (χ0v) is 57.5. The van der Waals surface area contributed by atoms with Crippen molar-refractivity contribution in [1.29, 1.82) is 0 Å². The van der Waals surface area contributed by atoms with Gasteiger partial charge in [-0.2, -0.15) is 30.6 Å². The van der Waals surface area contributed by atoms with Crippen molar-refractivity contribution >= 4 is 5.82 Å². The SMILES string of the molecule is CC(C)(C)C.CC(C)(C)C.CC(C)(C)C.CC(C)(C)C.CC(C)(C)C.CC(C)(C)C.c1n[nH]c2c1CCCN2.c1n[nH]c2c1CCCO2.c1n[nH]c2c1CCNC2.c1n[nH]c2c1CCOC2.c1n[nH]c2c1COCC2.c1n[nH]c2c1OCCC2. The van der Waals surface area contributed by atoms with Crippen LogP contribution in [0.25, 0.3) is 0 Å². The third kappa shape index (κ3) is 46.9. The van der Waals surface area contributed by atoms with Crippen LogP contribution in [-0.2, 0) is 67.8 Å². The highest BCUT2D eigenvalue weighted by atomic mass is 16.5. The summed E-state index contributed by atoms with van der Waals surface area (Å²) in [4.78, 5) is 0. The van der Waals surface area contributed by atoms with Crippen LogP contribution in [0.2, 0.25) is 0 Å². The van der Waals surface area contributed by atoms with Gasteiger partial charge in [0.15, 0.2) is 5.75 Å². The quantitative estimate of drug-likeness (QED) is 0.0710. The van der Waals surface area contributed by atoms with Crippen LogP contribution in [0.4, 0.5) is 5.82 Å². The van der Waals surface area contributed by atoms with Crippen molar-refractivity contribution in [3.8, 4) is 11.6 Å². The van der Waals surface area contributed by atoms with Crippen molar-refractivity contribution in [2.24, 2.45) is 32.5 Å². The average molecular weight is 1180 g/mol. The zero-order chi connectivity index (χ0) is 63.6. The minimum absolute atomic E-state index is 0.500. The van der Waals surface area contributed by atoms with Crippen molar-refractivity contribution in [2.75, 3.05) is 44.8 Å². The molecule has 84 heavy (non-hydrogen) atoms. The molecule has 0 bridgehead atoms. The Bertz CT molecular complexity index is 1930. The normalized spacial score (nSPS) is 15.1. The minimum atomic E-state index is 0.500. The molecule has 0 amide bonds. The predicted molar refractivity (Wildman–Crippen MR) is 349 cm³/mol. The number of nitrogens with one attached hydrogen (secondary N) is 8. The molecule has 0 aromatic carbocycles. The van der Waals surface area contributed by atoms with Gasteiger partial charge in [0.05, 0.1) is 93.9 Å². The smallest absolute Gasteiger partial charge is 0.212 e. The van der Waals surface area contributed by atoms with E-state index >= 15 is 0 Å². The lowest BCUT2D eigenvalue weighted by Crippen LogP contribution is -2.22. The molecule has 0 saturated heterocycles. The Hall–Kier alpha value is -5.46. The monoisotopic (exact) mass is 1170 g/mol. The summed E-state index contributed by atoms with van der Waals surface area (Å²) in [6.07, 6.45) is 21.0. The second kappa shape index (κ2) is 38.6. The number of fused-ring (bicyclic) bond motifs is 6. The summed E-state index contributed by atoms with van der Waals surface area (Å²) in [5, 5.41) is 47.2. The molecule has 0 spiro atoms. The summed E-state index contributed by atoms with van der Waals surface area (Å²) < 4.78 is 20.9. The van der Waals surface area contributed by atoms with Gasteiger partial charge in [0.2, 0.25) is 5.88 Å². The van der Waals surface area contributed by atoms with Gasteiger partial charge >= 0.3 is 0 Å². The average Bonchev–Trinajstić information content (AvgIpc) is 4.34. The van der Waals surface area contributed by atoms with Gasteiger partial charge in [0.25, 0.3) is 0 Å². The van der Waals surface area contributed by atoms with E-state index in [4.69, 9.17) is 18.9 Å². The molecule has 12 rings (SSSR count). The highest BCUT2D eigenvalue weighted by Crippen LogP contribution is 2.22.